The number of methoxy groups -OCH3 is 1. The van der Waals surface area contributed by atoms with Crippen LogP contribution >= 0.6 is 11.6 Å². The molecule has 1 N–H and O–H groups in total. The summed E-state index contributed by atoms with van der Waals surface area (Å²) < 4.78 is 10.6. The van der Waals surface area contributed by atoms with Gasteiger partial charge in [0.25, 0.3) is 5.69 Å². The Morgan fingerprint density at radius 3 is 2.79 bits per heavy atom. The van der Waals surface area contributed by atoms with E-state index < -0.39 is 4.92 Å². The molecule has 0 aliphatic carbocycles. The van der Waals surface area contributed by atoms with Crippen molar-refractivity contribution in [3.05, 3.63) is 63.5 Å². The van der Waals surface area contributed by atoms with Crippen LogP contribution in [0.2, 0.25) is 5.02 Å². The first-order valence-electron chi connectivity index (χ1n) is 10.4. The molecule has 2 aromatic carbocycles. The molecule has 0 atom stereocenters. The monoisotopic (exact) mass is 471 g/mol. The zero-order chi connectivity index (χ0) is 23.4. The SMILES string of the molecule is COc1ccc([N+](=O)[O-])cc1NC(=O)C1CCN(Cc2nc(-c3cccc(Cl)c3)no2)CC1. The molecule has 1 amide bonds. The zero-order valence-electron chi connectivity index (χ0n) is 17.9. The summed E-state index contributed by atoms with van der Waals surface area (Å²) in [5.74, 6) is 0.949. The van der Waals surface area contributed by atoms with Crippen molar-refractivity contribution in [2.75, 3.05) is 25.5 Å². The second kappa shape index (κ2) is 9.97. The number of likely N-dealkylation sites (tertiary alicyclic amines) is 1. The van der Waals surface area contributed by atoms with Gasteiger partial charge in [0.05, 0.1) is 24.3 Å². The van der Waals surface area contributed by atoms with Crippen LogP contribution in [0.25, 0.3) is 11.4 Å². The lowest BCUT2D eigenvalue weighted by atomic mass is 9.95. The van der Waals surface area contributed by atoms with Gasteiger partial charge in [-0.25, -0.2) is 0 Å². The number of ether oxygens (including phenoxy) is 1. The van der Waals surface area contributed by atoms with Crippen LogP contribution in [0.5, 0.6) is 5.75 Å². The van der Waals surface area contributed by atoms with Gasteiger partial charge in [0.2, 0.25) is 17.6 Å². The van der Waals surface area contributed by atoms with Gasteiger partial charge in [-0.2, -0.15) is 4.98 Å². The summed E-state index contributed by atoms with van der Waals surface area (Å²) in [5.41, 5.74) is 0.959. The maximum atomic E-state index is 12.8. The number of nitrogens with one attached hydrogen (secondary N) is 1. The van der Waals surface area contributed by atoms with Crippen molar-refractivity contribution < 1.29 is 19.0 Å². The number of nitro groups is 1. The van der Waals surface area contributed by atoms with Crippen LogP contribution in [0.3, 0.4) is 0 Å². The van der Waals surface area contributed by atoms with E-state index in [4.69, 9.17) is 20.9 Å². The highest BCUT2D eigenvalue weighted by Crippen LogP contribution is 2.30. The van der Waals surface area contributed by atoms with E-state index in [1.165, 1.54) is 25.3 Å². The Morgan fingerprint density at radius 1 is 1.30 bits per heavy atom. The number of anilines is 1. The number of rotatable bonds is 7. The highest BCUT2D eigenvalue weighted by atomic mass is 35.5. The fourth-order valence-corrected chi connectivity index (χ4v) is 3.94. The van der Waals surface area contributed by atoms with E-state index in [9.17, 15) is 14.9 Å². The predicted molar refractivity (Wildman–Crippen MR) is 121 cm³/mol. The topological polar surface area (TPSA) is 124 Å². The number of hydrogen-bond donors (Lipinski definition) is 1. The average molecular weight is 472 g/mol. The van der Waals surface area contributed by atoms with E-state index >= 15 is 0 Å². The summed E-state index contributed by atoms with van der Waals surface area (Å²) in [7, 11) is 1.45. The highest BCUT2D eigenvalue weighted by Gasteiger charge is 2.27. The standard InChI is InChI=1S/C22H22ClN5O5/c1-32-19-6-5-17(28(30)31)12-18(19)24-22(29)14-7-9-27(10-8-14)13-20-25-21(26-33-20)15-3-2-4-16(23)11-15/h2-6,11-12,14H,7-10,13H2,1H3,(H,24,29). The normalized spacial score (nSPS) is 14.7. The Bertz CT molecular complexity index is 1160. The minimum atomic E-state index is -0.511. The zero-order valence-corrected chi connectivity index (χ0v) is 18.6. The van der Waals surface area contributed by atoms with Crippen LogP contribution in [-0.4, -0.2) is 46.1 Å². The number of halogens is 1. The first kappa shape index (κ1) is 22.7. The van der Waals surface area contributed by atoms with Gasteiger partial charge < -0.3 is 14.6 Å². The predicted octanol–water partition coefficient (Wildman–Crippen LogP) is 4.16. The van der Waals surface area contributed by atoms with Crippen LogP contribution < -0.4 is 10.1 Å². The van der Waals surface area contributed by atoms with E-state index in [0.29, 0.717) is 60.7 Å². The molecule has 1 aliphatic rings. The smallest absolute Gasteiger partial charge is 0.271 e. The summed E-state index contributed by atoms with van der Waals surface area (Å²) in [5, 5.41) is 18.4. The molecule has 3 aromatic rings. The number of non-ortho nitro benzene ring substituents is 1. The van der Waals surface area contributed by atoms with Gasteiger partial charge in [-0.3, -0.25) is 19.8 Å². The number of aromatic nitrogens is 2. The first-order valence-corrected chi connectivity index (χ1v) is 10.7. The first-order chi connectivity index (χ1) is 15.9. The number of nitrogens with zero attached hydrogens (tertiary/aromatic N) is 4. The summed E-state index contributed by atoms with van der Waals surface area (Å²) >= 11 is 6.02. The van der Waals surface area contributed by atoms with Gasteiger partial charge in [0.15, 0.2) is 0 Å². The molecule has 0 unspecified atom stereocenters. The van der Waals surface area contributed by atoms with E-state index in [1.807, 2.05) is 12.1 Å². The van der Waals surface area contributed by atoms with Gasteiger partial charge in [-0.15, -0.1) is 0 Å². The summed E-state index contributed by atoms with van der Waals surface area (Å²) in [6, 6.07) is 11.4. The second-order valence-electron chi connectivity index (χ2n) is 7.70. The number of amides is 1. The van der Waals surface area contributed by atoms with Crippen molar-refractivity contribution in [3.8, 4) is 17.1 Å². The van der Waals surface area contributed by atoms with Crippen LogP contribution in [-0.2, 0) is 11.3 Å². The summed E-state index contributed by atoms with van der Waals surface area (Å²) in [4.78, 5) is 29.9. The molecule has 10 nitrogen and oxygen atoms in total. The van der Waals surface area contributed by atoms with Crippen molar-refractivity contribution in [1.29, 1.82) is 0 Å². The largest absolute Gasteiger partial charge is 0.495 e. The maximum Gasteiger partial charge on any atom is 0.271 e. The third-order valence-corrected chi connectivity index (χ3v) is 5.75. The minimum absolute atomic E-state index is 0.113. The van der Waals surface area contributed by atoms with Crippen molar-refractivity contribution in [2.45, 2.75) is 19.4 Å². The molecular formula is C22H22ClN5O5. The number of nitro benzene ring substituents is 1. The van der Waals surface area contributed by atoms with Gasteiger partial charge >= 0.3 is 0 Å². The Morgan fingerprint density at radius 2 is 2.09 bits per heavy atom. The molecule has 0 spiro atoms. The Kier molecular flexibility index (Phi) is 6.85. The third-order valence-electron chi connectivity index (χ3n) is 5.52. The third kappa shape index (κ3) is 5.47. The minimum Gasteiger partial charge on any atom is -0.495 e. The Hall–Kier alpha value is -3.50. The van der Waals surface area contributed by atoms with Crippen molar-refractivity contribution in [2.24, 2.45) is 5.92 Å². The maximum absolute atomic E-state index is 12.8. The second-order valence-corrected chi connectivity index (χ2v) is 8.14. The van der Waals surface area contributed by atoms with Crippen LogP contribution in [0.4, 0.5) is 11.4 Å². The molecule has 2 heterocycles. The average Bonchev–Trinajstić information content (AvgIpc) is 3.28. The lowest BCUT2D eigenvalue weighted by Gasteiger charge is -2.30. The molecule has 1 saturated heterocycles. The molecule has 0 radical (unpaired) electrons. The van der Waals surface area contributed by atoms with E-state index in [1.54, 1.807) is 12.1 Å². The number of benzene rings is 2. The molecule has 1 fully saturated rings. The number of piperidine rings is 1. The van der Waals surface area contributed by atoms with Gasteiger partial charge in [0, 0.05) is 28.6 Å². The molecule has 0 bridgehead atoms. The van der Waals surface area contributed by atoms with Gasteiger partial charge in [-0.05, 0) is 44.1 Å². The lowest BCUT2D eigenvalue weighted by Crippen LogP contribution is -2.37. The fourth-order valence-electron chi connectivity index (χ4n) is 3.75. The Balaban J connectivity index is 1.33. The van der Waals surface area contributed by atoms with Crippen LogP contribution in [0.15, 0.2) is 47.0 Å². The fraction of sp³-hybridized carbons (Fsp3) is 0.318. The summed E-state index contributed by atoms with van der Waals surface area (Å²) in [6.07, 6.45) is 1.27. The number of carbonyl (C=O) groups is 1. The molecule has 1 aromatic heterocycles. The highest BCUT2D eigenvalue weighted by molar-refractivity contribution is 6.30. The molecular weight excluding hydrogens is 450 g/mol. The molecule has 33 heavy (non-hydrogen) atoms. The van der Waals surface area contributed by atoms with Gasteiger partial charge in [0.1, 0.15) is 5.75 Å². The van der Waals surface area contributed by atoms with Crippen molar-refractivity contribution in [1.82, 2.24) is 15.0 Å². The summed E-state index contributed by atoms with van der Waals surface area (Å²) in [6.45, 7) is 1.85. The lowest BCUT2D eigenvalue weighted by molar-refractivity contribution is -0.384. The molecule has 172 valence electrons. The van der Waals surface area contributed by atoms with Crippen LogP contribution in [0, 0.1) is 16.0 Å². The molecule has 0 saturated carbocycles. The molecule has 1 aliphatic heterocycles. The van der Waals surface area contributed by atoms with Crippen molar-refractivity contribution in [3.63, 3.8) is 0 Å². The van der Waals surface area contributed by atoms with Gasteiger partial charge in [-0.1, -0.05) is 28.9 Å². The number of carbonyl (C=O) groups excluding carboxylic acids is 1. The Labute approximate surface area is 194 Å². The number of hydrogen-bond acceptors (Lipinski definition) is 8. The van der Waals surface area contributed by atoms with Crippen molar-refractivity contribution >= 4 is 28.9 Å². The van der Waals surface area contributed by atoms with E-state index in [-0.39, 0.29) is 17.5 Å². The quantitative estimate of drug-likeness (QED) is 0.402. The van der Waals surface area contributed by atoms with Crippen LogP contribution in [0.1, 0.15) is 18.7 Å². The van der Waals surface area contributed by atoms with E-state index in [2.05, 4.69) is 20.4 Å². The molecule has 4 rings (SSSR count). The van der Waals surface area contributed by atoms with E-state index in [0.717, 1.165) is 5.56 Å². The molecule has 11 heteroatoms.